The lowest BCUT2D eigenvalue weighted by molar-refractivity contribution is 0.406. The third-order valence-electron chi connectivity index (χ3n) is 5.66. The highest BCUT2D eigenvalue weighted by Gasteiger charge is 2.31. The number of hydrogen-bond donors (Lipinski definition) is 3. The van der Waals surface area contributed by atoms with Crippen molar-refractivity contribution < 1.29 is 14.9 Å². The van der Waals surface area contributed by atoms with Crippen LogP contribution in [0.25, 0.3) is 0 Å². The Labute approximate surface area is 195 Å². The minimum absolute atomic E-state index is 0.0364. The number of benzene rings is 2. The van der Waals surface area contributed by atoms with Crippen LogP contribution in [0.4, 0.5) is 5.69 Å². The topological polar surface area (TPSA) is 80.9 Å². The van der Waals surface area contributed by atoms with Gasteiger partial charge < -0.3 is 24.7 Å². The SMILES string of the molecule is COc1ccc(C2C(S)=NN=C2c2cc(C(C)C)c(O)cc2O)cc1N(C)CCN(C)C. The molecule has 2 N–H and O–H groups in total. The van der Waals surface area contributed by atoms with Crippen LogP contribution in [0, 0.1) is 0 Å². The van der Waals surface area contributed by atoms with Crippen molar-refractivity contribution in [3.8, 4) is 17.2 Å². The van der Waals surface area contributed by atoms with E-state index < -0.39 is 0 Å². The number of likely N-dealkylation sites (N-methyl/N-ethyl adjacent to an activating group) is 2. The quantitative estimate of drug-likeness (QED) is 0.522. The summed E-state index contributed by atoms with van der Waals surface area (Å²) < 4.78 is 5.60. The molecule has 0 aromatic heterocycles. The third kappa shape index (κ3) is 4.86. The van der Waals surface area contributed by atoms with Gasteiger partial charge in [0.2, 0.25) is 0 Å². The average molecular weight is 457 g/mol. The van der Waals surface area contributed by atoms with Crippen LogP contribution in [-0.2, 0) is 0 Å². The monoisotopic (exact) mass is 456 g/mol. The molecule has 3 rings (SSSR count). The van der Waals surface area contributed by atoms with Gasteiger partial charge in [-0.05, 0) is 49.3 Å². The number of hydrogen-bond acceptors (Lipinski definition) is 7. The number of phenolic OH excluding ortho intramolecular Hbond substituents is 2. The minimum Gasteiger partial charge on any atom is -0.508 e. The maximum atomic E-state index is 10.6. The maximum absolute atomic E-state index is 10.6. The highest BCUT2D eigenvalue weighted by atomic mass is 32.1. The van der Waals surface area contributed by atoms with Gasteiger partial charge in [0.05, 0.1) is 24.4 Å². The first kappa shape index (κ1) is 23.9. The molecular weight excluding hydrogens is 424 g/mol. The first-order chi connectivity index (χ1) is 15.1. The summed E-state index contributed by atoms with van der Waals surface area (Å²) >= 11 is 4.59. The van der Waals surface area contributed by atoms with E-state index in [2.05, 4.69) is 38.7 Å². The average Bonchev–Trinajstić information content (AvgIpc) is 3.12. The molecule has 0 aliphatic carbocycles. The van der Waals surface area contributed by atoms with Gasteiger partial charge in [0, 0.05) is 31.8 Å². The van der Waals surface area contributed by atoms with E-state index >= 15 is 0 Å². The van der Waals surface area contributed by atoms with E-state index in [0.717, 1.165) is 35.7 Å². The number of thiol groups is 1. The van der Waals surface area contributed by atoms with Crippen LogP contribution in [0.5, 0.6) is 17.2 Å². The molecule has 8 heteroatoms. The number of ether oxygens (including phenoxy) is 1. The van der Waals surface area contributed by atoms with Crippen LogP contribution in [0.15, 0.2) is 40.5 Å². The van der Waals surface area contributed by atoms with E-state index in [0.29, 0.717) is 16.3 Å². The predicted molar refractivity (Wildman–Crippen MR) is 134 cm³/mol. The molecule has 172 valence electrons. The Morgan fingerprint density at radius 2 is 1.75 bits per heavy atom. The number of phenols is 2. The normalized spacial score (nSPS) is 15.8. The van der Waals surface area contributed by atoms with Gasteiger partial charge in [0.1, 0.15) is 22.3 Å². The first-order valence-corrected chi connectivity index (χ1v) is 11.0. The van der Waals surface area contributed by atoms with Gasteiger partial charge in [0.25, 0.3) is 0 Å². The summed E-state index contributed by atoms with van der Waals surface area (Å²) in [4.78, 5) is 4.28. The highest BCUT2D eigenvalue weighted by Crippen LogP contribution is 2.39. The van der Waals surface area contributed by atoms with Crippen LogP contribution >= 0.6 is 12.6 Å². The second-order valence-electron chi connectivity index (χ2n) is 8.62. The maximum Gasteiger partial charge on any atom is 0.142 e. The van der Waals surface area contributed by atoms with E-state index in [1.165, 1.54) is 6.07 Å². The highest BCUT2D eigenvalue weighted by molar-refractivity contribution is 7.97. The summed E-state index contributed by atoms with van der Waals surface area (Å²) in [6.45, 7) is 5.71. The lowest BCUT2D eigenvalue weighted by atomic mass is 9.88. The zero-order valence-electron chi connectivity index (χ0n) is 19.5. The molecule has 0 fully saturated rings. The molecule has 1 heterocycles. The Kier molecular flexibility index (Phi) is 7.36. The molecule has 2 aromatic carbocycles. The van der Waals surface area contributed by atoms with Crippen LogP contribution < -0.4 is 9.64 Å². The minimum atomic E-state index is -0.333. The number of methoxy groups -OCH3 is 1. The molecule has 2 aromatic rings. The molecule has 1 aliphatic rings. The predicted octanol–water partition coefficient (Wildman–Crippen LogP) is 4.06. The Balaban J connectivity index is 2.03. The summed E-state index contributed by atoms with van der Waals surface area (Å²) in [6.07, 6.45) is 0. The molecular formula is C24H32N4O3S. The van der Waals surface area contributed by atoms with Crippen LogP contribution in [-0.4, -0.2) is 67.2 Å². The molecule has 7 nitrogen and oxygen atoms in total. The van der Waals surface area contributed by atoms with Crippen molar-refractivity contribution in [3.05, 3.63) is 47.0 Å². The second-order valence-corrected chi connectivity index (χ2v) is 9.07. The van der Waals surface area contributed by atoms with E-state index in [4.69, 9.17) is 4.74 Å². The number of rotatable bonds is 8. The molecule has 0 radical (unpaired) electrons. The van der Waals surface area contributed by atoms with Crippen molar-refractivity contribution in [1.29, 1.82) is 0 Å². The smallest absolute Gasteiger partial charge is 0.142 e. The Bertz CT molecular complexity index is 1050. The number of aromatic hydroxyl groups is 2. The van der Waals surface area contributed by atoms with Gasteiger partial charge in [-0.3, -0.25) is 0 Å². The number of nitrogens with zero attached hydrogens (tertiary/aromatic N) is 4. The van der Waals surface area contributed by atoms with Crippen molar-refractivity contribution in [1.82, 2.24) is 4.90 Å². The molecule has 0 saturated carbocycles. The zero-order chi connectivity index (χ0) is 23.6. The van der Waals surface area contributed by atoms with E-state index in [1.54, 1.807) is 13.2 Å². The molecule has 0 bridgehead atoms. The van der Waals surface area contributed by atoms with Crippen molar-refractivity contribution in [2.45, 2.75) is 25.7 Å². The van der Waals surface area contributed by atoms with Gasteiger partial charge in [-0.1, -0.05) is 19.9 Å². The van der Waals surface area contributed by atoms with Gasteiger partial charge >= 0.3 is 0 Å². The lowest BCUT2D eigenvalue weighted by Crippen LogP contribution is -2.29. The van der Waals surface area contributed by atoms with E-state index in [9.17, 15) is 10.2 Å². The number of anilines is 1. The van der Waals surface area contributed by atoms with Gasteiger partial charge in [-0.25, -0.2) is 0 Å². The van der Waals surface area contributed by atoms with E-state index in [-0.39, 0.29) is 23.3 Å². The molecule has 0 amide bonds. The van der Waals surface area contributed by atoms with Crippen molar-refractivity contribution in [2.75, 3.05) is 46.2 Å². The van der Waals surface area contributed by atoms with Crippen LogP contribution in [0.2, 0.25) is 0 Å². The summed E-state index contributed by atoms with van der Waals surface area (Å²) in [5, 5.41) is 30.0. The molecule has 1 unspecified atom stereocenters. The van der Waals surface area contributed by atoms with Crippen molar-refractivity contribution >= 4 is 29.1 Å². The summed E-state index contributed by atoms with van der Waals surface area (Å²) in [5.74, 6) is 0.562. The third-order valence-corrected chi connectivity index (χ3v) is 6.01. The van der Waals surface area contributed by atoms with Gasteiger partial charge in [-0.2, -0.15) is 5.10 Å². The second kappa shape index (κ2) is 9.83. The fraction of sp³-hybridized carbons (Fsp3) is 0.417. The Morgan fingerprint density at radius 3 is 2.38 bits per heavy atom. The zero-order valence-corrected chi connectivity index (χ0v) is 20.4. The Morgan fingerprint density at radius 1 is 1.03 bits per heavy atom. The largest absolute Gasteiger partial charge is 0.508 e. The van der Waals surface area contributed by atoms with Gasteiger partial charge in [0.15, 0.2) is 0 Å². The fourth-order valence-electron chi connectivity index (χ4n) is 3.78. The van der Waals surface area contributed by atoms with Gasteiger partial charge in [-0.15, -0.1) is 17.7 Å². The van der Waals surface area contributed by atoms with Crippen LogP contribution in [0.1, 0.15) is 42.4 Å². The summed E-state index contributed by atoms with van der Waals surface area (Å²) in [6, 6.07) is 9.13. The molecule has 32 heavy (non-hydrogen) atoms. The molecule has 0 spiro atoms. The Hall–Kier alpha value is -2.71. The first-order valence-electron chi connectivity index (χ1n) is 10.6. The van der Waals surface area contributed by atoms with Crippen molar-refractivity contribution in [3.63, 3.8) is 0 Å². The lowest BCUT2D eigenvalue weighted by Gasteiger charge is -2.25. The standard InChI is InChI=1S/C24H32N4O3S/c1-14(2)16-12-17(20(30)13-19(16)29)23-22(24(32)26-25-23)15-7-8-21(31-6)18(11-15)28(5)10-9-27(3)4/h7-8,11-14,22,29-30H,9-10H2,1-6H3,(H,26,32). The molecule has 1 atom stereocenters. The van der Waals surface area contributed by atoms with Crippen LogP contribution in [0.3, 0.4) is 0 Å². The van der Waals surface area contributed by atoms with E-state index in [1.807, 2.05) is 47.1 Å². The summed E-state index contributed by atoms with van der Waals surface area (Å²) in [7, 11) is 7.78. The summed E-state index contributed by atoms with van der Waals surface area (Å²) in [5.41, 5.74) is 3.79. The molecule has 0 saturated heterocycles. The van der Waals surface area contributed by atoms with Crippen molar-refractivity contribution in [2.24, 2.45) is 10.2 Å². The molecule has 1 aliphatic heterocycles. The fourth-order valence-corrected chi connectivity index (χ4v) is 4.09.